The number of carbonyl (C=O) groups excluding carboxylic acids is 1. The van der Waals surface area contributed by atoms with E-state index in [1.54, 1.807) is 19.1 Å². The van der Waals surface area contributed by atoms with Gasteiger partial charge in [0.15, 0.2) is 0 Å². The molecule has 27 heavy (non-hydrogen) atoms. The van der Waals surface area contributed by atoms with Crippen LogP contribution in [0.25, 0.3) is 6.08 Å². The molecule has 0 aliphatic carbocycles. The zero-order chi connectivity index (χ0) is 20.4. The molecule has 0 radical (unpaired) electrons. The van der Waals surface area contributed by atoms with Gasteiger partial charge in [0.25, 0.3) is 5.91 Å². The summed E-state index contributed by atoms with van der Waals surface area (Å²) in [5, 5.41) is 2.85. The highest BCUT2D eigenvalue weighted by Crippen LogP contribution is 2.21. The Balaban J connectivity index is 0.000000828. The third-order valence-corrected chi connectivity index (χ3v) is 3.58. The largest absolute Gasteiger partial charge is 0.403 e. The van der Waals surface area contributed by atoms with Crippen LogP contribution < -0.4 is 16.8 Å². The number of nitrogens with two attached hydrogens (primary N) is 2. The zero-order valence-electron chi connectivity index (χ0n) is 16.3. The van der Waals surface area contributed by atoms with Crippen LogP contribution in [-0.2, 0) is 0 Å². The van der Waals surface area contributed by atoms with Crippen LogP contribution in [0.2, 0.25) is 0 Å². The number of pyridine rings is 1. The minimum absolute atomic E-state index is 0.247. The zero-order valence-corrected chi connectivity index (χ0v) is 16.3. The number of aromatic nitrogens is 1. The quantitative estimate of drug-likeness (QED) is 0.534. The highest BCUT2D eigenvalue weighted by atomic mass is 16.1. The van der Waals surface area contributed by atoms with Crippen molar-refractivity contribution in [3.05, 3.63) is 83.9 Å². The minimum atomic E-state index is -0.247. The number of hydrogen-bond donors (Lipinski definition) is 3. The van der Waals surface area contributed by atoms with Crippen molar-refractivity contribution in [2.45, 2.75) is 27.2 Å². The van der Waals surface area contributed by atoms with Crippen molar-refractivity contribution in [2.24, 2.45) is 5.73 Å². The van der Waals surface area contributed by atoms with Crippen molar-refractivity contribution >= 4 is 23.4 Å². The molecular formula is C22H28N4O. The molecule has 0 aliphatic rings. The van der Waals surface area contributed by atoms with Crippen molar-refractivity contribution in [2.75, 3.05) is 11.1 Å². The van der Waals surface area contributed by atoms with Crippen LogP contribution in [0.4, 0.5) is 11.4 Å². The number of benzene rings is 1. The first kappa shape index (κ1) is 21.7. The second-order valence-corrected chi connectivity index (χ2v) is 6.12. The lowest BCUT2D eigenvalue weighted by Gasteiger charge is -2.10. The number of carbonyl (C=O) groups is 1. The van der Waals surface area contributed by atoms with E-state index >= 15 is 0 Å². The molecule has 0 aliphatic heterocycles. The number of anilines is 2. The predicted molar refractivity (Wildman–Crippen MR) is 115 cm³/mol. The summed E-state index contributed by atoms with van der Waals surface area (Å²) >= 11 is 0. The van der Waals surface area contributed by atoms with Gasteiger partial charge in [-0.15, -0.1) is 6.58 Å². The summed E-state index contributed by atoms with van der Waals surface area (Å²) in [6.45, 7) is 12.5. The maximum atomic E-state index is 12.4. The average molecular weight is 364 g/mol. The molecule has 142 valence electrons. The molecular weight excluding hydrogens is 336 g/mol. The highest BCUT2D eigenvalue weighted by Gasteiger charge is 2.11. The van der Waals surface area contributed by atoms with Gasteiger partial charge < -0.3 is 16.8 Å². The Morgan fingerprint density at radius 1 is 1.26 bits per heavy atom. The van der Waals surface area contributed by atoms with Crippen LogP contribution in [0.15, 0.2) is 61.3 Å². The van der Waals surface area contributed by atoms with Crippen LogP contribution in [0, 0.1) is 13.8 Å². The molecule has 0 atom stereocenters. The molecule has 5 nitrogen and oxygen atoms in total. The number of allylic oxidation sites excluding steroid dienone is 3. The number of amides is 1. The van der Waals surface area contributed by atoms with Crippen molar-refractivity contribution in [1.29, 1.82) is 0 Å². The van der Waals surface area contributed by atoms with Gasteiger partial charge in [0.1, 0.15) is 5.69 Å². The lowest BCUT2D eigenvalue weighted by atomic mass is 10.1. The van der Waals surface area contributed by atoms with Gasteiger partial charge in [0, 0.05) is 17.1 Å². The van der Waals surface area contributed by atoms with Gasteiger partial charge in [0.2, 0.25) is 0 Å². The SMILES string of the molecule is C=C(C)N.C=CC/C=C\c1ccc(C(=O)Nc2cccc(N)c2C)nc1C. The summed E-state index contributed by atoms with van der Waals surface area (Å²) in [6.07, 6.45) is 6.62. The first-order valence-corrected chi connectivity index (χ1v) is 8.58. The molecule has 0 fully saturated rings. The first-order valence-electron chi connectivity index (χ1n) is 8.58. The first-order chi connectivity index (χ1) is 12.8. The van der Waals surface area contributed by atoms with E-state index in [-0.39, 0.29) is 5.91 Å². The number of rotatable bonds is 5. The number of nitrogen functional groups attached to an aromatic ring is 1. The Hall–Kier alpha value is -3.34. The fourth-order valence-corrected chi connectivity index (χ4v) is 2.14. The molecule has 0 bridgehead atoms. The standard InChI is InChI=1S/C19H21N3O.C3H7N/c1-4-5-6-8-15-11-12-18(21-14(15)3)19(23)22-17-10-7-9-16(20)13(17)2;1-3(2)4/h4,6-12H,1,5,20H2,2-3H3,(H,22,23);1,4H2,2H3/b8-6-;. The van der Waals surface area contributed by atoms with Gasteiger partial charge in [-0.2, -0.15) is 0 Å². The minimum Gasteiger partial charge on any atom is -0.403 e. The average Bonchev–Trinajstić information content (AvgIpc) is 2.60. The third kappa shape index (κ3) is 7.20. The van der Waals surface area contributed by atoms with Crippen LogP contribution in [0.3, 0.4) is 0 Å². The predicted octanol–water partition coefficient (Wildman–Crippen LogP) is 4.60. The molecule has 1 aromatic carbocycles. The van der Waals surface area contributed by atoms with Gasteiger partial charge in [-0.25, -0.2) is 4.98 Å². The molecule has 1 heterocycles. The fraction of sp³-hybridized carbons (Fsp3) is 0.182. The number of hydrogen-bond acceptors (Lipinski definition) is 4. The maximum Gasteiger partial charge on any atom is 0.274 e. The van der Waals surface area contributed by atoms with Crippen LogP contribution >= 0.6 is 0 Å². The Bertz CT molecular complexity index is 849. The smallest absolute Gasteiger partial charge is 0.274 e. The molecule has 0 spiro atoms. The van der Waals surface area contributed by atoms with Crippen molar-refractivity contribution in [3.63, 3.8) is 0 Å². The van der Waals surface area contributed by atoms with E-state index in [9.17, 15) is 4.79 Å². The number of aryl methyl sites for hydroxylation is 1. The van der Waals surface area contributed by atoms with E-state index in [1.165, 1.54) is 0 Å². The fourth-order valence-electron chi connectivity index (χ4n) is 2.14. The molecule has 0 saturated carbocycles. The summed E-state index contributed by atoms with van der Waals surface area (Å²) < 4.78 is 0. The second kappa shape index (κ2) is 10.6. The summed E-state index contributed by atoms with van der Waals surface area (Å²) in [7, 11) is 0. The van der Waals surface area contributed by atoms with E-state index in [2.05, 4.69) is 23.5 Å². The summed E-state index contributed by atoms with van der Waals surface area (Å²) in [6, 6.07) is 9.05. The molecule has 5 heteroatoms. The Morgan fingerprint density at radius 2 is 1.93 bits per heavy atom. The van der Waals surface area contributed by atoms with Gasteiger partial charge >= 0.3 is 0 Å². The lowest BCUT2D eigenvalue weighted by Crippen LogP contribution is -2.15. The van der Waals surface area contributed by atoms with Crippen molar-refractivity contribution < 1.29 is 4.79 Å². The van der Waals surface area contributed by atoms with Crippen molar-refractivity contribution in [1.82, 2.24) is 4.98 Å². The Morgan fingerprint density at radius 3 is 2.52 bits per heavy atom. The molecule has 2 rings (SSSR count). The van der Waals surface area contributed by atoms with E-state index in [0.717, 1.165) is 23.2 Å². The van der Waals surface area contributed by atoms with Crippen LogP contribution in [0.5, 0.6) is 0 Å². The maximum absolute atomic E-state index is 12.4. The van der Waals surface area contributed by atoms with Crippen molar-refractivity contribution in [3.8, 4) is 0 Å². The Kier molecular flexibility index (Phi) is 8.53. The topological polar surface area (TPSA) is 94.0 Å². The number of nitrogens with zero attached hydrogens (tertiary/aromatic N) is 1. The normalized spacial score (nSPS) is 10.0. The molecule has 0 unspecified atom stereocenters. The van der Waals surface area contributed by atoms with E-state index in [1.807, 2.05) is 50.3 Å². The van der Waals surface area contributed by atoms with Gasteiger partial charge in [-0.1, -0.05) is 36.9 Å². The molecule has 1 amide bonds. The summed E-state index contributed by atoms with van der Waals surface area (Å²) in [4.78, 5) is 16.7. The highest BCUT2D eigenvalue weighted by molar-refractivity contribution is 6.03. The molecule has 0 saturated heterocycles. The number of nitrogens with one attached hydrogen (secondary N) is 1. The van der Waals surface area contributed by atoms with E-state index < -0.39 is 0 Å². The summed E-state index contributed by atoms with van der Waals surface area (Å²) in [5.41, 5.74) is 15.8. The van der Waals surface area contributed by atoms with Crippen LogP contribution in [-0.4, -0.2) is 10.9 Å². The Labute approximate surface area is 161 Å². The molecule has 2 aromatic rings. The van der Waals surface area contributed by atoms with E-state index in [0.29, 0.717) is 22.8 Å². The third-order valence-electron chi connectivity index (χ3n) is 3.58. The monoisotopic (exact) mass is 364 g/mol. The summed E-state index contributed by atoms with van der Waals surface area (Å²) in [5.74, 6) is -0.247. The lowest BCUT2D eigenvalue weighted by molar-refractivity contribution is 0.102. The van der Waals surface area contributed by atoms with E-state index in [4.69, 9.17) is 11.5 Å². The molecule has 1 aromatic heterocycles. The van der Waals surface area contributed by atoms with Gasteiger partial charge in [-0.05, 0) is 62.2 Å². The van der Waals surface area contributed by atoms with Gasteiger partial charge in [-0.3, -0.25) is 4.79 Å². The van der Waals surface area contributed by atoms with Crippen LogP contribution in [0.1, 0.15) is 40.7 Å². The second-order valence-electron chi connectivity index (χ2n) is 6.12. The molecule has 5 N–H and O–H groups in total. The van der Waals surface area contributed by atoms with Gasteiger partial charge in [0.05, 0.1) is 0 Å².